The normalized spacial score (nSPS) is 9.75. The Morgan fingerprint density at radius 2 is 1.50 bits per heavy atom. The summed E-state index contributed by atoms with van der Waals surface area (Å²) >= 11 is 0. The minimum Gasteiger partial charge on any atom is -0.300 e. The van der Waals surface area contributed by atoms with E-state index in [0.717, 1.165) is 5.57 Å². The standard InChI is InChI=1S/C14H18O2.2C2H6/c1-4-7-13(5-2)10-11-14(16)9-6-8-12(3)15;2*1-2/h4-5,7,10-11H,1-2,6,8-9H2,3H3;2*1-2H3/b11-10+,13-7+;;. The van der Waals surface area contributed by atoms with E-state index in [1.54, 1.807) is 24.3 Å². The van der Waals surface area contributed by atoms with Crippen LogP contribution < -0.4 is 0 Å². The molecule has 0 aromatic carbocycles. The maximum Gasteiger partial charge on any atom is 0.155 e. The number of hydrogen-bond donors (Lipinski definition) is 0. The van der Waals surface area contributed by atoms with Gasteiger partial charge in [0.2, 0.25) is 0 Å². The second-order valence-corrected chi connectivity index (χ2v) is 3.46. The molecule has 0 saturated carbocycles. The third kappa shape index (κ3) is 18.7. The van der Waals surface area contributed by atoms with Gasteiger partial charge in [0.1, 0.15) is 5.78 Å². The Labute approximate surface area is 125 Å². The molecule has 0 rings (SSSR count). The minimum absolute atomic E-state index is 0.0260. The Balaban J connectivity index is -0.000000656. The van der Waals surface area contributed by atoms with Gasteiger partial charge in [0.25, 0.3) is 0 Å². The molecule has 0 atom stereocenters. The topological polar surface area (TPSA) is 34.1 Å². The molecule has 0 aliphatic heterocycles. The Bertz CT molecular complexity index is 333. The summed E-state index contributed by atoms with van der Waals surface area (Å²) in [4.78, 5) is 22.0. The van der Waals surface area contributed by atoms with Crippen LogP contribution in [0.15, 0.2) is 49.1 Å². The number of Topliss-reactive ketones (excluding diaryl/α,β-unsaturated/α-hetero) is 1. The molecule has 114 valence electrons. The second-order valence-electron chi connectivity index (χ2n) is 3.46. The van der Waals surface area contributed by atoms with Gasteiger partial charge in [0.05, 0.1) is 0 Å². The molecule has 0 spiro atoms. The van der Waals surface area contributed by atoms with Crippen LogP contribution in [0.3, 0.4) is 0 Å². The molecular formula is C18H30O2. The predicted octanol–water partition coefficient (Wildman–Crippen LogP) is 5.22. The van der Waals surface area contributed by atoms with Gasteiger partial charge >= 0.3 is 0 Å². The highest BCUT2D eigenvalue weighted by atomic mass is 16.1. The summed E-state index contributed by atoms with van der Waals surface area (Å²) in [7, 11) is 0. The molecule has 0 aromatic rings. The fourth-order valence-corrected chi connectivity index (χ4v) is 1.11. The molecule has 0 bridgehead atoms. The van der Waals surface area contributed by atoms with E-state index in [-0.39, 0.29) is 11.6 Å². The van der Waals surface area contributed by atoms with E-state index in [1.807, 2.05) is 27.7 Å². The highest BCUT2D eigenvalue weighted by molar-refractivity contribution is 5.90. The summed E-state index contributed by atoms with van der Waals surface area (Å²) < 4.78 is 0. The Morgan fingerprint density at radius 3 is 1.90 bits per heavy atom. The van der Waals surface area contributed by atoms with Crippen molar-refractivity contribution in [2.75, 3.05) is 0 Å². The molecule has 0 aliphatic carbocycles. The van der Waals surface area contributed by atoms with Crippen LogP contribution >= 0.6 is 0 Å². The molecule has 0 fully saturated rings. The van der Waals surface area contributed by atoms with Gasteiger partial charge in [-0.25, -0.2) is 0 Å². The van der Waals surface area contributed by atoms with Crippen molar-refractivity contribution in [2.24, 2.45) is 0 Å². The fraction of sp³-hybridized carbons (Fsp3) is 0.444. The van der Waals surface area contributed by atoms with Crippen LogP contribution in [0.5, 0.6) is 0 Å². The van der Waals surface area contributed by atoms with E-state index in [2.05, 4.69) is 13.2 Å². The average Bonchev–Trinajstić information content (AvgIpc) is 2.47. The fourth-order valence-electron chi connectivity index (χ4n) is 1.11. The monoisotopic (exact) mass is 278 g/mol. The average molecular weight is 278 g/mol. The van der Waals surface area contributed by atoms with Crippen molar-refractivity contribution in [2.45, 2.75) is 53.9 Å². The molecule has 20 heavy (non-hydrogen) atoms. The van der Waals surface area contributed by atoms with Gasteiger partial charge in [0.15, 0.2) is 5.78 Å². The van der Waals surface area contributed by atoms with Crippen LogP contribution in [0.4, 0.5) is 0 Å². The first-order chi connectivity index (χ1) is 9.60. The molecule has 0 unspecified atom stereocenters. The molecule has 0 aliphatic rings. The maximum absolute atomic E-state index is 11.4. The lowest BCUT2D eigenvalue weighted by atomic mass is 10.1. The van der Waals surface area contributed by atoms with Crippen LogP contribution in [0.25, 0.3) is 0 Å². The number of rotatable bonds is 8. The van der Waals surface area contributed by atoms with Gasteiger partial charge in [-0.05, 0) is 25.0 Å². The highest BCUT2D eigenvalue weighted by Gasteiger charge is 1.98. The van der Waals surface area contributed by atoms with E-state index >= 15 is 0 Å². The van der Waals surface area contributed by atoms with Crippen molar-refractivity contribution < 1.29 is 9.59 Å². The van der Waals surface area contributed by atoms with E-state index in [1.165, 1.54) is 13.0 Å². The van der Waals surface area contributed by atoms with E-state index in [0.29, 0.717) is 19.3 Å². The van der Waals surface area contributed by atoms with Crippen LogP contribution in [-0.4, -0.2) is 11.6 Å². The third-order valence-electron chi connectivity index (χ3n) is 1.96. The van der Waals surface area contributed by atoms with Crippen LogP contribution in [0, 0.1) is 0 Å². The summed E-state index contributed by atoms with van der Waals surface area (Å²) in [5.74, 6) is 0.146. The van der Waals surface area contributed by atoms with Gasteiger partial charge in [-0.3, -0.25) is 4.79 Å². The molecule has 0 aromatic heterocycles. The first kappa shape index (κ1) is 23.4. The number of ketones is 2. The molecule has 0 amide bonds. The highest BCUT2D eigenvalue weighted by Crippen LogP contribution is 2.02. The van der Waals surface area contributed by atoms with Crippen molar-refractivity contribution in [1.29, 1.82) is 0 Å². The molecule has 2 nitrogen and oxygen atoms in total. The van der Waals surface area contributed by atoms with Crippen molar-refractivity contribution in [3.8, 4) is 0 Å². The van der Waals surface area contributed by atoms with Gasteiger partial charge < -0.3 is 4.79 Å². The van der Waals surface area contributed by atoms with Gasteiger partial charge in [-0.1, -0.05) is 65.2 Å². The summed E-state index contributed by atoms with van der Waals surface area (Å²) in [6.07, 6.45) is 9.77. The summed E-state index contributed by atoms with van der Waals surface area (Å²) in [5, 5.41) is 0. The molecule has 0 radical (unpaired) electrons. The Kier molecular flexibility index (Phi) is 23.0. The third-order valence-corrected chi connectivity index (χ3v) is 1.96. The summed E-state index contributed by atoms with van der Waals surface area (Å²) in [5.41, 5.74) is 0.843. The van der Waals surface area contributed by atoms with Crippen molar-refractivity contribution in [1.82, 2.24) is 0 Å². The maximum atomic E-state index is 11.4. The zero-order chi connectivity index (χ0) is 16.4. The summed E-state index contributed by atoms with van der Waals surface area (Å²) in [6.45, 7) is 16.7. The van der Waals surface area contributed by atoms with Crippen LogP contribution in [0.1, 0.15) is 53.9 Å². The van der Waals surface area contributed by atoms with Gasteiger partial charge in [0, 0.05) is 12.8 Å². The van der Waals surface area contributed by atoms with E-state index in [4.69, 9.17) is 0 Å². The zero-order valence-electron chi connectivity index (χ0n) is 13.7. The Hall–Kier alpha value is -1.70. The molecule has 2 heteroatoms. The largest absolute Gasteiger partial charge is 0.300 e. The summed E-state index contributed by atoms with van der Waals surface area (Å²) in [6, 6.07) is 0. The minimum atomic E-state index is 0.0260. The van der Waals surface area contributed by atoms with Crippen molar-refractivity contribution in [3.63, 3.8) is 0 Å². The molecular weight excluding hydrogens is 248 g/mol. The SMILES string of the molecule is C=C/C=C(C=C)/C=C/C(=O)CCCC(C)=O.CC.CC. The van der Waals surface area contributed by atoms with E-state index in [9.17, 15) is 9.59 Å². The quantitative estimate of drug-likeness (QED) is 0.450. The first-order valence-electron chi connectivity index (χ1n) is 7.25. The smallest absolute Gasteiger partial charge is 0.155 e. The van der Waals surface area contributed by atoms with Gasteiger partial charge in [-0.2, -0.15) is 0 Å². The van der Waals surface area contributed by atoms with Crippen LogP contribution in [-0.2, 0) is 9.59 Å². The predicted molar refractivity (Wildman–Crippen MR) is 89.9 cm³/mol. The van der Waals surface area contributed by atoms with Crippen molar-refractivity contribution in [3.05, 3.63) is 49.1 Å². The van der Waals surface area contributed by atoms with Crippen LogP contribution in [0.2, 0.25) is 0 Å². The first-order valence-corrected chi connectivity index (χ1v) is 7.25. The number of hydrogen-bond acceptors (Lipinski definition) is 2. The lowest BCUT2D eigenvalue weighted by molar-refractivity contribution is -0.117. The number of allylic oxidation sites excluding steroid dienone is 6. The lowest BCUT2D eigenvalue weighted by Gasteiger charge is -1.94. The molecule has 0 N–H and O–H groups in total. The van der Waals surface area contributed by atoms with E-state index < -0.39 is 0 Å². The number of carbonyl (C=O) groups is 2. The molecule has 0 saturated heterocycles. The Morgan fingerprint density at radius 1 is 0.950 bits per heavy atom. The number of carbonyl (C=O) groups excluding carboxylic acids is 2. The lowest BCUT2D eigenvalue weighted by Crippen LogP contribution is -1.96. The molecule has 0 heterocycles. The zero-order valence-corrected chi connectivity index (χ0v) is 13.7. The second kappa shape index (κ2) is 19.6. The van der Waals surface area contributed by atoms with Gasteiger partial charge in [-0.15, -0.1) is 0 Å². The van der Waals surface area contributed by atoms with Crippen molar-refractivity contribution >= 4 is 11.6 Å².